The number of rotatable bonds is 0. The maximum Gasteiger partial charge on any atom is 0.165 e. The molecule has 21 heavy (non-hydrogen) atoms. The SMILES string of the molecule is Br.Oc1ccc2c(c1O)-c1cc(F)cc3c1[C@@H](C2)NCC3. The summed E-state index contributed by atoms with van der Waals surface area (Å²) in [4.78, 5) is 0. The Hall–Kier alpha value is -1.59. The van der Waals surface area contributed by atoms with E-state index in [9.17, 15) is 14.6 Å². The molecule has 2 aromatic rings. The summed E-state index contributed by atoms with van der Waals surface area (Å²) in [5.41, 5.74) is 4.26. The lowest BCUT2D eigenvalue weighted by Crippen LogP contribution is -2.33. The highest BCUT2D eigenvalue weighted by Gasteiger charge is 2.32. The van der Waals surface area contributed by atoms with Crippen molar-refractivity contribution in [3.8, 4) is 22.6 Å². The van der Waals surface area contributed by atoms with Gasteiger partial charge < -0.3 is 15.5 Å². The molecule has 0 bridgehead atoms. The fourth-order valence-electron chi connectivity index (χ4n) is 3.47. The van der Waals surface area contributed by atoms with Crippen molar-refractivity contribution in [3.05, 3.63) is 46.8 Å². The molecule has 0 saturated heterocycles. The van der Waals surface area contributed by atoms with E-state index in [2.05, 4.69) is 5.32 Å². The van der Waals surface area contributed by atoms with Crippen LogP contribution in [0.3, 0.4) is 0 Å². The second-order valence-corrected chi connectivity index (χ2v) is 5.45. The standard InChI is InChI=1S/C16H14FNO2.BrH/c17-10-5-9-3-4-18-12-6-8-1-2-13(19)16(20)15(8)11(7-10)14(9)12;/h1-2,5,7,12,18-20H,3-4,6H2;1H/t12-;/m1./s1. The minimum Gasteiger partial charge on any atom is -0.504 e. The molecule has 0 unspecified atom stereocenters. The van der Waals surface area contributed by atoms with E-state index >= 15 is 0 Å². The highest BCUT2D eigenvalue weighted by molar-refractivity contribution is 8.93. The Labute approximate surface area is 132 Å². The number of hydrogen-bond acceptors (Lipinski definition) is 3. The molecule has 2 aliphatic rings. The minimum atomic E-state index is -0.296. The number of halogens is 2. The Morgan fingerprint density at radius 2 is 1.95 bits per heavy atom. The smallest absolute Gasteiger partial charge is 0.165 e. The molecule has 3 nitrogen and oxygen atoms in total. The molecule has 3 N–H and O–H groups in total. The number of fused-ring (bicyclic) bond motifs is 2. The lowest BCUT2D eigenvalue weighted by atomic mass is 9.77. The molecular weight excluding hydrogens is 337 g/mol. The first kappa shape index (κ1) is 14.4. The first-order chi connectivity index (χ1) is 9.65. The van der Waals surface area contributed by atoms with E-state index in [1.165, 1.54) is 12.1 Å². The zero-order chi connectivity index (χ0) is 13.9. The van der Waals surface area contributed by atoms with Crippen LogP contribution in [0, 0.1) is 5.82 Å². The lowest BCUT2D eigenvalue weighted by molar-refractivity contribution is 0.403. The average molecular weight is 352 g/mol. The summed E-state index contributed by atoms with van der Waals surface area (Å²) in [5, 5.41) is 23.3. The Morgan fingerprint density at radius 3 is 2.76 bits per heavy atom. The fraction of sp³-hybridized carbons (Fsp3) is 0.250. The number of hydrogen-bond donors (Lipinski definition) is 3. The van der Waals surface area contributed by atoms with Gasteiger partial charge in [0.1, 0.15) is 5.82 Å². The molecule has 0 aromatic heterocycles. The first-order valence-corrected chi connectivity index (χ1v) is 6.75. The molecule has 0 amide bonds. The Morgan fingerprint density at radius 1 is 1.14 bits per heavy atom. The topological polar surface area (TPSA) is 52.5 Å². The van der Waals surface area contributed by atoms with E-state index in [0.29, 0.717) is 11.1 Å². The van der Waals surface area contributed by atoms with Crippen molar-refractivity contribution in [2.24, 2.45) is 0 Å². The monoisotopic (exact) mass is 351 g/mol. The summed E-state index contributed by atoms with van der Waals surface area (Å²) in [7, 11) is 0. The molecule has 0 saturated carbocycles. The van der Waals surface area contributed by atoms with E-state index < -0.39 is 0 Å². The Kier molecular flexibility index (Phi) is 3.42. The van der Waals surface area contributed by atoms with Crippen molar-refractivity contribution in [1.29, 1.82) is 0 Å². The van der Waals surface area contributed by atoms with Gasteiger partial charge in [-0.05, 0) is 59.8 Å². The molecule has 5 heteroatoms. The van der Waals surface area contributed by atoms with E-state index in [0.717, 1.165) is 36.1 Å². The highest BCUT2D eigenvalue weighted by atomic mass is 79.9. The molecule has 1 aliphatic carbocycles. The van der Waals surface area contributed by atoms with E-state index in [4.69, 9.17) is 0 Å². The van der Waals surface area contributed by atoms with Crippen molar-refractivity contribution in [2.45, 2.75) is 18.9 Å². The van der Waals surface area contributed by atoms with Gasteiger partial charge in [0.05, 0.1) is 0 Å². The van der Waals surface area contributed by atoms with Gasteiger partial charge in [-0.2, -0.15) is 0 Å². The maximum absolute atomic E-state index is 13.9. The van der Waals surface area contributed by atoms with Gasteiger partial charge in [-0.25, -0.2) is 4.39 Å². The number of benzene rings is 2. The van der Waals surface area contributed by atoms with Crippen LogP contribution in [0.15, 0.2) is 24.3 Å². The Bertz CT molecular complexity index is 733. The zero-order valence-corrected chi connectivity index (χ0v) is 12.9. The van der Waals surface area contributed by atoms with E-state index in [-0.39, 0.29) is 40.3 Å². The van der Waals surface area contributed by atoms with Crippen LogP contribution < -0.4 is 5.32 Å². The van der Waals surface area contributed by atoms with Crippen LogP contribution in [0.5, 0.6) is 11.5 Å². The minimum absolute atomic E-state index is 0. The summed E-state index contributed by atoms with van der Waals surface area (Å²) in [6.45, 7) is 0.833. The fourth-order valence-corrected chi connectivity index (χ4v) is 3.47. The van der Waals surface area contributed by atoms with Gasteiger partial charge in [-0.15, -0.1) is 17.0 Å². The summed E-state index contributed by atoms with van der Waals surface area (Å²) >= 11 is 0. The molecule has 0 fully saturated rings. The summed E-state index contributed by atoms with van der Waals surface area (Å²) < 4.78 is 13.9. The van der Waals surface area contributed by atoms with Crippen molar-refractivity contribution >= 4 is 17.0 Å². The normalized spacial score (nSPS) is 18.4. The molecule has 4 rings (SSSR count). The van der Waals surface area contributed by atoms with Gasteiger partial charge >= 0.3 is 0 Å². The van der Waals surface area contributed by atoms with Crippen LogP contribution in [-0.2, 0) is 12.8 Å². The third-order valence-electron chi connectivity index (χ3n) is 4.30. The van der Waals surface area contributed by atoms with Crippen LogP contribution in [0.25, 0.3) is 11.1 Å². The number of nitrogens with one attached hydrogen (secondary N) is 1. The average Bonchev–Trinajstić information content (AvgIpc) is 2.42. The summed E-state index contributed by atoms with van der Waals surface area (Å²) in [6.07, 6.45) is 1.53. The van der Waals surface area contributed by atoms with Gasteiger partial charge in [-0.1, -0.05) is 6.07 Å². The van der Waals surface area contributed by atoms with Gasteiger partial charge in [0.25, 0.3) is 0 Å². The van der Waals surface area contributed by atoms with Crippen molar-refractivity contribution in [1.82, 2.24) is 5.32 Å². The third kappa shape index (κ3) is 2.03. The Balaban J connectivity index is 0.00000132. The zero-order valence-electron chi connectivity index (χ0n) is 11.2. The predicted octanol–water partition coefficient (Wildman–Crippen LogP) is 3.22. The second-order valence-electron chi connectivity index (χ2n) is 5.45. The van der Waals surface area contributed by atoms with Crippen LogP contribution in [0.1, 0.15) is 22.7 Å². The second kappa shape index (κ2) is 5.00. The predicted molar refractivity (Wildman–Crippen MR) is 83.6 cm³/mol. The van der Waals surface area contributed by atoms with E-state index in [1.807, 2.05) is 0 Å². The molecule has 110 valence electrons. The van der Waals surface area contributed by atoms with Crippen molar-refractivity contribution in [3.63, 3.8) is 0 Å². The van der Waals surface area contributed by atoms with Crippen LogP contribution in [-0.4, -0.2) is 16.8 Å². The highest BCUT2D eigenvalue weighted by Crippen LogP contribution is 2.48. The quantitative estimate of drug-likeness (QED) is 0.638. The molecule has 0 radical (unpaired) electrons. The van der Waals surface area contributed by atoms with Crippen molar-refractivity contribution < 1.29 is 14.6 Å². The molecule has 2 aromatic carbocycles. The number of phenols is 2. The largest absolute Gasteiger partial charge is 0.504 e. The molecule has 1 atom stereocenters. The van der Waals surface area contributed by atoms with Gasteiger partial charge in [0.15, 0.2) is 11.5 Å². The molecule has 0 spiro atoms. The van der Waals surface area contributed by atoms with Gasteiger partial charge in [-0.3, -0.25) is 0 Å². The number of aromatic hydroxyl groups is 2. The summed E-state index contributed by atoms with van der Waals surface area (Å²) in [6, 6.07) is 6.48. The van der Waals surface area contributed by atoms with Gasteiger partial charge in [0, 0.05) is 11.6 Å². The van der Waals surface area contributed by atoms with E-state index in [1.54, 1.807) is 12.1 Å². The third-order valence-corrected chi connectivity index (χ3v) is 4.30. The van der Waals surface area contributed by atoms with Gasteiger partial charge in [0.2, 0.25) is 0 Å². The van der Waals surface area contributed by atoms with Crippen LogP contribution >= 0.6 is 17.0 Å². The van der Waals surface area contributed by atoms with Crippen LogP contribution in [0.2, 0.25) is 0 Å². The maximum atomic E-state index is 13.9. The molecule has 1 aliphatic heterocycles. The molecular formula is C16H15BrFNO2. The van der Waals surface area contributed by atoms with Crippen LogP contribution in [0.4, 0.5) is 4.39 Å². The van der Waals surface area contributed by atoms with Crippen molar-refractivity contribution in [2.75, 3.05) is 6.54 Å². The summed E-state index contributed by atoms with van der Waals surface area (Å²) in [5.74, 6) is -0.613. The first-order valence-electron chi connectivity index (χ1n) is 6.75. The lowest BCUT2D eigenvalue weighted by Gasteiger charge is -2.34. The molecule has 1 heterocycles. The number of phenolic OH excluding ortho intramolecular Hbond substituents is 2.